The summed E-state index contributed by atoms with van der Waals surface area (Å²) in [5.41, 5.74) is 0.871. The molecular weight excluding hydrogens is 542 g/mol. The van der Waals surface area contributed by atoms with E-state index in [4.69, 9.17) is 5.11 Å². The molecule has 0 saturated heterocycles. The van der Waals surface area contributed by atoms with Crippen LogP contribution < -0.4 is 20.7 Å². The molecule has 1 atom stereocenters. The van der Waals surface area contributed by atoms with Crippen LogP contribution >= 0.6 is 0 Å². The topological polar surface area (TPSA) is 151 Å². The Balaban J connectivity index is 1.93. The zero-order valence-electron chi connectivity index (χ0n) is 21.7. The molecule has 2 aromatic carbocycles. The van der Waals surface area contributed by atoms with Crippen LogP contribution in [0.3, 0.4) is 0 Å². The summed E-state index contributed by atoms with van der Waals surface area (Å²) in [5, 5.41) is 15.8. The number of Topliss-reactive ketones (excluding diaryl/α,β-unsaturated/α-hetero) is 1. The molecule has 0 aliphatic rings. The molecule has 0 spiro atoms. The van der Waals surface area contributed by atoms with Crippen LogP contribution in [0.5, 0.6) is 5.75 Å². The first-order valence-corrected chi connectivity index (χ1v) is 11.8. The molecule has 3 amide bonds. The summed E-state index contributed by atoms with van der Waals surface area (Å²) in [4.78, 5) is 60.2. The van der Waals surface area contributed by atoms with Crippen LogP contribution in [-0.2, 0) is 29.4 Å². The number of carboxylic acid groups (broad SMARTS) is 1. The van der Waals surface area contributed by atoms with Gasteiger partial charge in [0.25, 0.3) is 0 Å². The second kappa shape index (κ2) is 13.5. The largest absolute Gasteiger partial charge is 0.481 e. The number of benzene rings is 2. The van der Waals surface area contributed by atoms with Gasteiger partial charge in [0.2, 0.25) is 17.5 Å². The van der Waals surface area contributed by atoms with E-state index < -0.39 is 84.0 Å². The normalized spacial score (nSPS) is 11.8. The first kappa shape index (κ1) is 31.7. The van der Waals surface area contributed by atoms with Gasteiger partial charge in [0, 0.05) is 24.7 Å². The van der Waals surface area contributed by atoms with Gasteiger partial charge in [-0.3, -0.25) is 24.0 Å². The molecule has 216 valence electrons. The molecule has 10 nitrogen and oxygen atoms in total. The number of ketones is 1. The van der Waals surface area contributed by atoms with Crippen LogP contribution in [0, 0.1) is 23.3 Å². The van der Waals surface area contributed by atoms with Gasteiger partial charge in [-0.25, -0.2) is 8.78 Å². The van der Waals surface area contributed by atoms with Crippen molar-refractivity contribution in [2.75, 3.05) is 18.5 Å². The van der Waals surface area contributed by atoms with Crippen LogP contribution in [0.2, 0.25) is 0 Å². The standard InChI is InChI=1S/C26H27F4N3O7/c1-26(2,3)13-6-4-5-7-16(13)33-25(39)24(38)31-9-8-19(35)32-17(11-20(36)37)18(34)12-40-23-21(29)14(27)10-15(28)22(23)30/h4-7,10,17H,8-9,11-12H2,1-3H3,(H,31,38)(H,32,35)(H,33,39)(H,36,37)/t17-/m0/s1. The van der Waals surface area contributed by atoms with Crippen LogP contribution in [-0.4, -0.2) is 53.8 Å². The highest BCUT2D eigenvalue weighted by molar-refractivity contribution is 6.39. The van der Waals surface area contributed by atoms with Gasteiger partial charge < -0.3 is 25.8 Å². The number of rotatable bonds is 11. The quantitative estimate of drug-likeness (QED) is 0.185. The molecular formula is C26H27F4N3O7. The second-order valence-corrected chi connectivity index (χ2v) is 9.53. The lowest BCUT2D eigenvalue weighted by atomic mass is 9.86. The number of hydrogen-bond acceptors (Lipinski definition) is 6. The predicted octanol–water partition coefficient (Wildman–Crippen LogP) is 2.59. The maximum atomic E-state index is 13.7. The molecule has 0 radical (unpaired) electrons. The lowest BCUT2D eigenvalue weighted by Crippen LogP contribution is -2.45. The molecule has 40 heavy (non-hydrogen) atoms. The number of anilines is 1. The van der Waals surface area contributed by atoms with Crippen molar-refractivity contribution in [2.24, 2.45) is 0 Å². The molecule has 0 bridgehead atoms. The van der Waals surface area contributed by atoms with E-state index in [-0.39, 0.29) is 18.0 Å². The van der Waals surface area contributed by atoms with Crippen LogP contribution in [0.1, 0.15) is 39.2 Å². The molecule has 0 aromatic heterocycles. The number of carboxylic acids is 1. The highest BCUT2D eigenvalue weighted by Crippen LogP contribution is 2.29. The minimum atomic E-state index is -1.91. The molecule has 0 aliphatic carbocycles. The summed E-state index contributed by atoms with van der Waals surface area (Å²) in [5.74, 6) is -14.6. The van der Waals surface area contributed by atoms with Gasteiger partial charge in [-0.2, -0.15) is 8.78 Å². The van der Waals surface area contributed by atoms with E-state index in [9.17, 15) is 41.5 Å². The average molecular weight is 570 g/mol. The maximum absolute atomic E-state index is 13.7. The molecule has 14 heteroatoms. The number of carbonyl (C=O) groups is 5. The Morgan fingerprint density at radius 2 is 1.55 bits per heavy atom. The fraction of sp³-hybridized carbons (Fsp3) is 0.346. The molecule has 4 N–H and O–H groups in total. The van der Waals surface area contributed by atoms with Crippen molar-refractivity contribution in [3.8, 4) is 5.75 Å². The van der Waals surface area contributed by atoms with Crippen LogP contribution in [0.15, 0.2) is 30.3 Å². The number of ether oxygens (including phenoxy) is 1. The van der Waals surface area contributed by atoms with Crippen molar-refractivity contribution in [3.63, 3.8) is 0 Å². The number of para-hydroxylation sites is 1. The van der Waals surface area contributed by atoms with Crippen LogP contribution in [0.25, 0.3) is 0 Å². The number of aliphatic carboxylic acids is 1. The van der Waals surface area contributed by atoms with Crippen molar-refractivity contribution >= 4 is 35.2 Å². The van der Waals surface area contributed by atoms with Gasteiger partial charge in [0.1, 0.15) is 12.6 Å². The highest BCUT2D eigenvalue weighted by atomic mass is 19.2. The van der Waals surface area contributed by atoms with Crippen molar-refractivity contribution in [3.05, 3.63) is 59.2 Å². The van der Waals surface area contributed by atoms with E-state index in [0.717, 1.165) is 5.56 Å². The van der Waals surface area contributed by atoms with Crippen LogP contribution in [0.4, 0.5) is 23.2 Å². The maximum Gasteiger partial charge on any atom is 0.313 e. The average Bonchev–Trinajstić information content (AvgIpc) is 2.86. The second-order valence-electron chi connectivity index (χ2n) is 9.53. The summed E-state index contributed by atoms with van der Waals surface area (Å²) in [6.45, 7) is 4.15. The van der Waals surface area contributed by atoms with Crippen molar-refractivity contribution in [1.82, 2.24) is 10.6 Å². The van der Waals surface area contributed by atoms with Crippen molar-refractivity contribution < 1.29 is 51.4 Å². The number of hydrogen-bond donors (Lipinski definition) is 4. The fourth-order valence-corrected chi connectivity index (χ4v) is 3.40. The van der Waals surface area contributed by atoms with Gasteiger partial charge in [-0.05, 0) is 17.0 Å². The summed E-state index contributed by atoms with van der Waals surface area (Å²) in [6.07, 6.45) is -1.45. The van der Waals surface area contributed by atoms with Crippen molar-refractivity contribution in [1.29, 1.82) is 0 Å². The zero-order chi connectivity index (χ0) is 30.2. The Labute approximate surface area is 226 Å². The number of nitrogens with one attached hydrogen (secondary N) is 3. The number of halogens is 4. The molecule has 0 fully saturated rings. The third-order valence-corrected chi connectivity index (χ3v) is 5.36. The summed E-state index contributed by atoms with van der Waals surface area (Å²) in [6, 6.07) is 5.05. The van der Waals surface area contributed by atoms with E-state index >= 15 is 0 Å². The fourth-order valence-electron chi connectivity index (χ4n) is 3.40. The minimum Gasteiger partial charge on any atom is -0.481 e. The molecule has 0 unspecified atom stereocenters. The summed E-state index contributed by atoms with van der Waals surface area (Å²) < 4.78 is 58.6. The molecule has 0 aliphatic heterocycles. The van der Waals surface area contributed by atoms with Gasteiger partial charge in [0.05, 0.1) is 6.42 Å². The Morgan fingerprint density at radius 1 is 0.950 bits per heavy atom. The molecule has 0 saturated carbocycles. The first-order valence-electron chi connectivity index (χ1n) is 11.8. The van der Waals surface area contributed by atoms with E-state index in [1.807, 2.05) is 20.8 Å². The molecule has 0 heterocycles. The Kier molecular flexibility index (Phi) is 10.7. The Hall–Kier alpha value is -4.49. The predicted molar refractivity (Wildman–Crippen MR) is 132 cm³/mol. The number of amides is 3. The Bertz CT molecular complexity index is 1290. The van der Waals surface area contributed by atoms with Gasteiger partial charge in [-0.1, -0.05) is 39.0 Å². The minimum absolute atomic E-state index is 0.0694. The van der Waals surface area contributed by atoms with Gasteiger partial charge >= 0.3 is 17.8 Å². The Morgan fingerprint density at radius 3 is 2.12 bits per heavy atom. The SMILES string of the molecule is CC(C)(C)c1ccccc1NC(=O)C(=O)NCCC(=O)N[C@@H](CC(=O)O)C(=O)COc1c(F)c(F)cc(F)c1F. The number of carbonyl (C=O) groups excluding carboxylic acids is 4. The zero-order valence-corrected chi connectivity index (χ0v) is 21.7. The summed E-state index contributed by atoms with van der Waals surface area (Å²) in [7, 11) is 0. The monoisotopic (exact) mass is 569 g/mol. The lowest BCUT2D eigenvalue weighted by molar-refractivity contribution is -0.140. The van der Waals surface area contributed by atoms with E-state index in [0.29, 0.717) is 5.69 Å². The highest BCUT2D eigenvalue weighted by Gasteiger charge is 2.27. The smallest absolute Gasteiger partial charge is 0.313 e. The van der Waals surface area contributed by atoms with E-state index in [1.165, 1.54) is 0 Å². The van der Waals surface area contributed by atoms with Gasteiger partial charge in [-0.15, -0.1) is 0 Å². The first-order chi connectivity index (χ1) is 18.6. The third kappa shape index (κ3) is 8.78. The molecule has 2 aromatic rings. The van der Waals surface area contributed by atoms with E-state index in [2.05, 4.69) is 20.7 Å². The van der Waals surface area contributed by atoms with Gasteiger partial charge in [0.15, 0.2) is 23.2 Å². The third-order valence-electron chi connectivity index (χ3n) is 5.36. The molecule has 2 rings (SSSR count). The van der Waals surface area contributed by atoms with Crippen molar-refractivity contribution in [2.45, 2.75) is 45.1 Å². The van der Waals surface area contributed by atoms with E-state index in [1.54, 1.807) is 24.3 Å². The summed E-state index contributed by atoms with van der Waals surface area (Å²) >= 11 is 0. The lowest BCUT2D eigenvalue weighted by Gasteiger charge is -2.22.